The molecule has 0 amide bonds. The maximum absolute atomic E-state index is 8.78. The Bertz CT molecular complexity index is 863. The zero-order valence-electron chi connectivity index (χ0n) is 10.5. The van der Waals surface area contributed by atoms with E-state index in [2.05, 4.69) is 9.97 Å². The summed E-state index contributed by atoms with van der Waals surface area (Å²) >= 11 is 18.3. The van der Waals surface area contributed by atoms with Crippen LogP contribution in [0.4, 0.5) is 0 Å². The number of imidazole rings is 1. The number of halogens is 3. The normalized spacial score (nSPS) is 10.8. The Kier molecular flexibility index (Phi) is 3.73. The van der Waals surface area contributed by atoms with Crippen molar-refractivity contribution in [2.75, 3.05) is 0 Å². The Morgan fingerprint density at radius 2 is 2.00 bits per heavy atom. The van der Waals surface area contributed by atoms with E-state index >= 15 is 0 Å². The van der Waals surface area contributed by atoms with Crippen molar-refractivity contribution in [3.63, 3.8) is 0 Å². The molecule has 104 valence electrons. The number of hydrogen-bond donors (Lipinski definition) is 0. The van der Waals surface area contributed by atoms with Gasteiger partial charge in [0.1, 0.15) is 11.6 Å². The lowest BCUT2D eigenvalue weighted by Crippen LogP contribution is -2.02. The molecule has 0 aliphatic carbocycles. The SMILES string of the molecule is N#Cc1ccc(Cn2c(Cl)nc3c(Cl)cc(Cl)cc32)nc1. The Morgan fingerprint density at radius 1 is 1.19 bits per heavy atom. The molecule has 0 bridgehead atoms. The van der Waals surface area contributed by atoms with Crippen molar-refractivity contribution in [3.05, 3.63) is 57.0 Å². The molecule has 0 aliphatic rings. The van der Waals surface area contributed by atoms with Gasteiger partial charge < -0.3 is 4.57 Å². The Hall–Kier alpha value is -1.80. The molecule has 4 nitrogen and oxygen atoms in total. The van der Waals surface area contributed by atoms with Gasteiger partial charge in [-0.1, -0.05) is 23.2 Å². The van der Waals surface area contributed by atoms with Gasteiger partial charge in [0, 0.05) is 11.2 Å². The third kappa shape index (κ3) is 2.68. The van der Waals surface area contributed by atoms with Gasteiger partial charge in [0.2, 0.25) is 5.28 Å². The number of nitriles is 1. The molecule has 0 spiro atoms. The highest BCUT2D eigenvalue weighted by Gasteiger charge is 2.13. The summed E-state index contributed by atoms with van der Waals surface area (Å²) in [6.45, 7) is 0.414. The van der Waals surface area contributed by atoms with Gasteiger partial charge in [0.05, 0.1) is 28.3 Å². The molecule has 0 saturated heterocycles. The average Bonchev–Trinajstić information content (AvgIpc) is 2.77. The van der Waals surface area contributed by atoms with E-state index in [0.717, 1.165) is 11.2 Å². The van der Waals surface area contributed by atoms with Crippen molar-refractivity contribution >= 4 is 45.8 Å². The molecule has 7 heteroatoms. The lowest BCUT2D eigenvalue weighted by molar-refractivity contribution is 0.798. The van der Waals surface area contributed by atoms with Crippen LogP contribution < -0.4 is 0 Å². The molecular weight excluding hydrogens is 331 g/mol. The topological polar surface area (TPSA) is 54.5 Å². The Labute approximate surface area is 135 Å². The second-order valence-electron chi connectivity index (χ2n) is 4.37. The van der Waals surface area contributed by atoms with E-state index in [1.54, 1.807) is 28.8 Å². The lowest BCUT2D eigenvalue weighted by atomic mass is 10.2. The summed E-state index contributed by atoms with van der Waals surface area (Å²) in [6, 6.07) is 8.88. The fourth-order valence-electron chi connectivity index (χ4n) is 2.02. The maximum Gasteiger partial charge on any atom is 0.204 e. The van der Waals surface area contributed by atoms with Crippen LogP contribution in [0.1, 0.15) is 11.3 Å². The fraction of sp³-hybridized carbons (Fsp3) is 0.0714. The molecule has 3 aromatic rings. The molecule has 3 rings (SSSR count). The van der Waals surface area contributed by atoms with Crippen LogP contribution in [0, 0.1) is 11.3 Å². The summed E-state index contributed by atoms with van der Waals surface area (Å²) in [6.07, 6.45) is 1.52. The molecular formula is C14H7Cl3N4. The number of rotatable bonds is 2. The lowest BCUT2D eigenvalue weighted by Gasteiger charge is -2.06. The first-order valence-corrected chi connectivity index (χ1v) is 7.07. The van der Waals surface area contributed by atoms with Gasteiger partial charge in [-0.3, -0.25) is 4.98 Å². The van der Waals surface area contributed by atoms with E-state index in [-0.39, 0.29) is 0 Å². The highest BCUT2D eigenvalue weighted by molar-refractivity contribution is 6.38. The summed E-state index contributed by atoms with van der Waals surface area (Å²) in [5.74, 6) is 0. The van der Waals surface area contributed by atoms with Crippen molar-refractivity contribution in [2.24, 2.45) is 0 Å². The molecule has 21 heavy (non-hydrogen) atoms. The summed E-state index contributed by atoms with van der Waals surface area (Å²) in [7, 11) is 0. The first-order valence-electron chi connectivity index (χ1n) is 5.94. The first kappa shape index (κ1) is 14.2. The second kappa shape index (κ2) is 5.53. The van der Waals surface area contributed by atoms with E-state index < -0.39 is 0 Å². The third-order valence-corrected chi connectivity index (χ3v) is 3.79. The van der Waals surface area contributed by atoms with E-state index in [9.17, 15) is 0 Å². The second-order valence-corrected chi connectivity index (χ2v) is 5.55. The maximum atomic E-state index is 8.78. The van der Waals surface area contributed by atoms with Gasteiger partial charge in [0.25, 0.3) is 0 Å². The minimum absolute atomic E-state index is 0.306. The molecule has 0 saturated carbocycles. The van der Waals surface area contributed by atoms with Crippen LogP contribution in [0.25, 0.3) is 11.0 Å². The molecule has 2 aromatic heterocycles. The summed E-state index contributed by atoms with van der Waals surface area (Å²) < 4.78 is 1.77. The third-order valence-electron chi connectivity index (χ3n) is 3.00. The number of aromatic nitrogens is 3. The van der Waals surface area contributed by atoms with Crippen LogP contribution in [-0.2, 0) is 6.54 Å². The van der Waals surface area contributed by atoms with Gasteiger partial charge in [-0.2, -0.15) is 5.26 Å². The van der Waals surface area contributed by atoms with Gasteiger partial charge >= 0.3 is 0 Å². The number of pyridine rings is 1. The largest absolute Gasteiger partial charge is 0.308 e. The van der Waals surface area contributed by atoms with E-state index in [0.29, 0.717) is 33.0 Å². The molecule has 0 N–H and O–H groups in total. The van der Waals surface area contributed by atoms with Gasteiger partial charge in [-0.05, 0) is 35.9 Å². The predicted molar refractivity (Wildman–Crippen MR) is 82.8 cm³/mol. The van der Waals surface area contributed by atoms with Crippen LogP contribution in [0.15, 0.2) is 30.5 Å². The molecule has 0 unspecified atom stereocenters. The van der Waals surface area contributed by atoms with Crippen molar-refractivity contribution in [3.8, 4) is 6.07 Å². The van der Waals surface area contributed by atoms with Crippen molar-refractivity contribution < 1.29 is 0 Å². The highest BCUT2D eigenvalue weighted by Crippen LogP contribution is 2.30. The first-order chi connectivity index (χ1) is 10.1. The molecule has 0 atom stereocenters. The van der Waals surface area contributed by atoms with Gasteiger partial charge in [0.15, 0.2) is 0 Å². The zero-order chi connectivity index (χ0) is 15.0. The van der Waals surface area contributed by atoms with Crippen molar-refractivity contribution in [2.45, 2.75) is 6.54 Å². The average molecular weight is 338 g/mol. The number of benzene rings is 1. The monoisotopic (exact) mass is 336 g/mol. The quantitative estimate of drug-likeness (QED) is 0.700. The number of fused-ring (bicyclic) bond motifs is 1. The zero-order valence-corrected chi connectivity index (χ0v) is 12.8. The minimum atomic E-state index is 0.306. The molecule has 0 aliphatic heterocycles. The molecule has 1 aromatic carbocycles. The fourth-order valence-corrected chi connectivity index (χ4v) is 2.78. The smallest absolute Gasteiger partial charge is 0.204 e. The summed E-state index contributed by atoms with van der Waals surface area (Å²) in [5.41, 5.74) is 2.60. The van der Waals surface area contributed by atoms with E-state index in [4.69, 9.17) is 40.1 Å². The standard InChI is InChI=1S/C14H7Cl3N4/c15-9-3-11(16)13-12(4-9)21(14(17)20-13)7-10-2-1-8(5-18)6-19-10/h1-4,6H,7H2. The van der Waals surface area contributed by atoms with Gasteiger partial charge in [-0.15, -0.1) is 0 Å². The minimum Gasteiger partial charge on any atom is -0.308 e. The predicted octanol–water partition coefficient (Wildman–Crippen LogP) is 4.31. The molecule has 0 fully saturated rings. The summed E-state index contributed by atoms with van der Waals surface area (Å²) in [4.78, 5) is 8.46. The number of hydrogen-bond acceptors (Lipinski definition) is 3. The molecule has 0 radical (unpaired) electrons. The highest BCUT2D eigenvalue weighted by atomic mass is 35.5. The molecule has 2 heterocycles. The van der Waals surface area contributed by atoms with Crippen LogP contribution in [0.2, 0.25) is 15.3 Å². The van der Waals surface area contributed by atoms with E-state index in [1.807, 2.05) is 6.07 Å². The Morgan fingerprint density at radius 3 is 2.67 bits per heavy atom. The van der Waals surface area contributed by atoms with Crippen LogP contribution in [0.3, 0.4) is 0 Å². The van der Waals surface area contributed by atoms with Crippen LogP contribution in [-0.4, -0.2) is 14.5 Å². The Balaban J connectivity index is 2.07. The van der Waals surface area contributed by atoms with Crippen LogP contribution >= 0.6 is 34.8 Å². The van der Waals surface area contributed by atoms with Gasteiger partial charge in [-0.25, -0.2) is 4.98 Å². The van der Waals surface area contributed by atoms with Crippen LogP contribution in [0.5, 0.6) is 0 Å². The summed E-state index contributed by atoms with van der Waals surface area (Å²) in [5, 5.41) is 10.0. The number of nitrogens with zero attached hydrogens (tertiary/aromatic N) is 4. The van der Waals surface area contributed by atoms with Crippen molar-refractivity contribution in [1.29, 1.82) is 5.26 Å². The van der Waals surface area contributed by atoms with E-state index in [1.165, 1.54) is 6.20 Å². The van der Waals surface area contributed by atoms with Crippen molar-refractivity contribution in [1.82, 2.24) is 14.5 Å².